The van der Waals surface area contributed by atoms with Crippen molar-refractivity contribution < 1.29 is 9.50 Å². The van der Waals surface area contributed by atoms with Gasteiger partial charge in [-0.2, -0.15) is 11.8 Å². The minimum absolute atomic E-state index is 0.176. The summed E-state index contributed by atoms with van der Waals surface area (Å²) in [6.45, 7) is 5.78. The van der Waals surface area contributed by atoms with Crippen molar-refractivity contribution in [1.29, 1.82) is 0 Å². The lowest BCUT2D eigenvalue weighted by atomic mass is 10.2. The standard InChI is InChI=1S/C12H18FNOS/c1-12(2,16-3)8-14-7-9-4-5-11(15)10(13)6-9/h4-6,14-15H,7-8H2,1-3H3. The quantitative estimate of drug-likeness (QED) is 0.834. The van der Waals surface area contributed by atoms with Gasteiger partial charge < -0.3 is 10.4 Å². The molecule has 0 aliphatic carbocycles. The highest BCUT2D eigenvalue weighted by atomic mass is 32.2. The molecule has 0 saturated heterocycles. The zero-order valence-corrected chi connectivity index (χ0v) is 10.7. The molecule has 16 heavy (non-hydrogen) atoms. The summed E-state index contributed by atoms with van der Waals surface area (Å²) in [5.41, 5.74) is 0.840. The van der Waals surface area contributed by atoms with Gasteiger partial charge in [0.2, 0.25) is 0 Å². The van der Waals surface area contributed by atoms with Crippen molar-refractivity contribution in [3.05, 3.63) is 29.6 Å². The van der Waals surface area contributed by atoms with E-state index in [-0.39, 0.29) is 10.5 Å². The van der Waals surface area contributed by atoms with Crippen LogP contribution < -0.4 is 5.32 Å². The van der Waals surface area contributed by atoms with Crippen molar-refractivity contribution in [2.75, 3.05) is 12.8 Å². The summed E-state index contributed by atoms with van der Waals surface area (Å²) in [5.74, 6) is -0.864. The van der Waals surface area contributed by atoms with Crippen molar-refractivity contribution in [3.8, 4) is 5.75 Å². The number of hydrogen-bond donors (Lipinski definition) is 2. The molecule has 0 aliphatic heterocycles. The lowest BCUT2D eigenvalue weighted by molar-refractivity contribution is 0.431. The van der Waals surface area contributed by atoms with Gasteiger partial charge in [-0.15, -0.1) is 0 Å². The summed E-state index contributed by atoms with van der Waals surface area (Å²) in [5, 5.41) is 12.3. The Bertz CT molecular complexity index is 355. The van der Waals surface area contributed by atoms with Gasteiger partial charge in [-0.05, 0) is 37.8 Å². The molecule has 0 unspecified atom stereocenters. The van der Waals surface area contributed by atoms with Crippen LogP contribution in [0.15, 0.2) is 18.2 Å². The highest BCUT2D eigenvalue weighted by Gasteiger charge is 2.14. The molecule has 0 saturated carbocycles. The molecular weight excluding hydrogens is 225 g/mol. The molecule has 0 aromatic heterocycles. The number of phenols is 1. The van der Waals surface area contributed by atoms with Gasteiger partial charge in [-0.3, -0.25) is 0 Å². The minimum Gasteiger partial charge on any atom is -0.505 e. The van der Waals surface area contributed by atoms with Crippen LogP contribution in [0.1, 0.15) is 19.4 Å². The van der Waals surface area contributed by atoms with Crippen LogP contribution in [-0.4, -0.2) is 22.7 Å². The average molecular weight is 243 g/mol. The number of aromatic hydroxyl groups is 1. The van der Waals surface area contributed by atoms with E-state index in [0.29, 0.717) is 6.54 Å². The predicted octanol–water partition coefficient (Wildman–Crippen LogP) is 2.76. The number of thioether (sulfide) groups is 1. The molecule has 4 heteroatoms. The summed E-state index contributed by atoms with van der Waals surface area (Å²) in [6, 6.07) is 4.46. The third kappa shape index (κ3) is 4.02. The van der Waals surface area contributed by atoms with Gasteiger partial charge in [-0.25, -0.2) is 4.39 Å². The van der Waals surface area contributed by atoms with E-state index in [4.69, 9.17) is 5.11 Å². The van der Waals surface area contributed by atoms with E-state index in [0.717, 1.165) is 12.1 Å². The van der Waals surface area contributed by atoms with Crippen molar-refractivity contribution in [2.45, 2.75) is 25.1 Å². The van der Waals surface area contributed by atoms with Crippen LogP contribution >= 0.6 is 11.8 Å². The summed E-state index contributed by atoms with van der Waals surface area (Å²) in [7, 11) is 0. The van der Waals surface area contributed by atoms with E-state index in [1.54, 1.807) is 17.8 Å². The van der Waals surface area contributed by atoms with E-state index >= 15 is 0 Å². The van der Waals surface area contributed by atoms with Gasteiger partial charge in [0.05, 0.1) is 0 Å². The van der Waals surface area contributed by atoms with Gasteiger partial charge >= 0.3 is 0 Å². The van der Waals surface area contributed by atoms with Gasteiger partial charge in [0.1, 0.15) is 0 Å². The van der Waals surface area contributed by atoms with Crippen LogP contribution in [0.25, 0.3) is 0 Å². The minimum atomic E-state index is -0.566. The van der Waals surface area contributed by atoms with Crippen molar-refractivity contribution in [1.82, 2.24) is 5.32 Å². The monoisotopic (exact) mass is 243 g/mol. The smallest absolute Gasteiger partial charge is 0.165 e. The molecule has 1 aromatic rings. The SMILES string of the molecule is CSC(C)(C)CNCc1ccc(O)c(F)c1. The molecule has 0 spiro atoms. The fourth-order valence-electron chi connectivity index (χ4n) is 1.24. The largest absolute Gasteiger partial charge is 0.505 e. The van der Waals surface area contributed by atoms with Crippen LogP contribution in [0.4, 0.5) is 4.39 Å². The first kappa shape index (κ1) is 13.3. The highest BCUT2D eigenvalue weighted by molar-refractivity contribution is 7.99. The molecule has 1 rings (SSSR count). The second-order valence-corrected chi connectivity index (χ2v) is 5.87. The van der Waals surface area contributed by atoms with Gasteiger partial charge in [0.15, 0.2) is 11.6 Å². The second kappa shape index (κ2) is 5.55. The predicted molar refractivity (Wildman–Crippen MR) is 67.4 cm³/mol. The molecule has 0 amide bonds. The fraction of sp³-hybridized carbons (Fsp3) is 0.500. The number of benzene rings is 1. The maximum absolute atomic E-state index is 13.0. The average Bonchev–Trinajstić information content (AvgIpc) is 2.23. The Balaban J connectivity index is 2.46. The van der Waals surface area contributed by atoms with E-state index < -0.39 is 5.82 Å². The summed E-state index contributed by atoms with van der Waals surface area (Å²) in [6.07, 6.45) is 2.07. The van der Waals surface area contributed by atoms with Gasteiger partial charge in [0, 0.05) is 17.8 Å². The molecule has 0 fully saturated rings. The van der Waals surface area contributed by atoms with Crippen LogP contribution in [0.2, 0.25) is 0 Å². The second-order valence-electron chi connectivity index (χ2n) is 4.35. The molecule has 90 valence electrons. The molecule has 1 aromatic carbocycles. The summed E-state index contributed by atoms with van der Waals surface area (Å²) < 4.78 is 13.2. The molecule has 2 N–H and O–H groups in total. The number of phenolic OH excluding ortho intramolecular Hbond substituents is 1. The topological polar surface area (TPSA) is 32.3 Å². The van der Waals surface area contributed by atoms with E-state index in [1.165, 1.54) is 12.1 Å². The van der Waals surface area contributed by atoms with Gasteiger partial charge in [-0.1, -0.05) is 6.07 Å². The van der Waals surface area contributed by atoms with Gasteiger partial charge in [0.25, 0.3) is 0 Å². The van der Waals surface area contributed by atoms with Crippen LogP contribution in [-0.2, 0) is 6.54 Å². The molecule has 0 aliphatic rings. The number of nitrogens with one attached hydrogen (secondary N) is 1. The number of halogens is 1. The highest BCUT2D eigenvalue weighted by Crippen LogP contribution is 2.20. The van der Waals surface area contributed by atoms with E-state index in [2.05, 4.69) is 25.4 Å². The fourth-order valence-corrected chi connectivity index (χ4v) is 1.49. The van der Waals surface area contributed by atoms with Crippen molar-refractivity contribution in [2.24, 2.45) is 0 Å². The first-order valence-corrected chi connectivity index (χ1v) is 6.40. The van der Waals surface area contributed by atoms with E-state index in [1.807, 2.05) is 0 Å². The maximum Gasteiger partial charge on any atom is 0.165 e. The van der Waals surface area contributed by atoms with Crippen LogP contribution in [0, 0.1) is 5.82 Å². The maximum atomic E-state index is 13.0. The van der Waals surface area contributed by atoms with E-state index in [9.17, 15) is 4.39 Å². The Kier molecular flexibility index (Phi) is 4.62. The molecular formula is C12H18FNOS. The number of rotatable bonds is 5. The summed E-state index contributed by atoms with van der Waals surface area (Å²) in [4.78, 5) is 0. The zero-order valence-electron chi connectivity index (χ0n) is 9.88. The first-order valence-electron chi connectivity index (χ1n) is 5.18. The Morgan fingerprint density at radius 3 is 2.69 bits per heavy atom. The third-order valence-corrected chi connectivity index (χ3v) is 3.69. The summed E-state index contributed by atoms with van der Waals surface area (Å²) >= 11 is 1.79. The zero-order chi connectivity index (χ0) is 12.2. The van der Waals surface area contributed by atoms with Crippen molar-refractivity contribution in [3.63, 3.8) is 0 Å². The lowest BCUT2D eigenvalue weighted by Crippen LogP contribution is -2.31. The van der Waals surface area contributed by atoms with Crippen LogP contribution in [0.5, 0.6) is 5.75 Å². The molecule has 0 atom stereocenters. The normalized spacial score (nSPS) is 11.8. The third-order valence-electron chi connectivity index (χ3n) is 2.44. The molecule has 2 nitrogen and oxygen atoms in total. The van der Waals surface area contributed by atoms with Crippen molar-refractivity contribution >= 4 is 11.8 Å². The Morgan fingerprint density at radius 2 is 2.12 bits per heavy atom. The lowest BCUT2D eigenvalue weighted by Gasteiger charge is -2.22. The molecule has 0 bridgehead atoms. The molecule has 0 radical (unpaired) electrons. The van der Waals surface area contributed by atoms with Crippen LogP contribution in [0.3, 0.4) is 0 Å². The Morgan fingerprint density at radius 1 is 1.44 bits per heavy atom. The first-order chi connectivity index (χ1) is 7.44. The molecule has 0 heterocycles. The number of hydrogen-bond acceptors (Lipinski definition) is 3. The Labute approximate surface area is 100 Å². The Hall–Kier alpha value is -0.740.